The molecule has 6 heterocycles. The van der Waals surface area contributed by atoms with Crippen molar-refractivity contribution in [3.8, 4) is 57.1 Å². The number of alkyl carbamates (subject to hydrolysis) is 1. The summed E-state index contributed by atoms with van der Waals surface area (Å²) in [4.78, 5) is 151. The highest BCUT2D eigenvalue weighted by molar-refractivity contribution is 6.32. The molecule has 0 aromatic heterocycles. The van der Waals surface area contributed by atoms with Gasteiger partial charge in [-0.15, -0.1) is 0 Å². The van der Waals surface area contributed by atoms with Crippen molar-refractivity contribution >= 4 is 82.6 Å². The van der Waals surface area contributed by atoms with Gasteiger partial charge in [0.05, 0.1) is 23.1 Å². The molecule has 10 aliphatic rings. The van der Waals surface area contributed by atoms with Crippen LogP contribution in [0.15, 0.2) is 78.9 Å². The van der Waals surface area contributed by atoms with Gasteiger partial charge in [0, 0.05) is 29.8 Å². The predicted molar refractivity (Wildman–Crippen MR) is 420 cm³/mol. The number of urea groups is 1. The minimum Gasteiger partial charge on any atom is -0.508 e. The molecule has 5 fully saturated rings. The first-order valence-electron chi connectivity index (χ1n) is 39.6. The van der Waals surface area contributed by atoms with Gasteiger partial charge in [0.15, 0.2) is 11.5 Å². The van der Waals surface area contributed by atoms with Gasteiger partial charge in [-0.25, -0.2) is 9.59 Å². The molecule has 36 heteroatoms. The molecular weight excluding hydrogens is 1580 g/mol. The average molecular weight is 1680 g/mol. The van der Waals surface area contributed by atoms with Crippen LogP contribution >= 0.6 is 23.2 Å². The van der Waals surface area contributed by atoms with E-state index in [1.54, 1.807) is 34.6 Å². The Labute approximate surface area is 688 Å². The fourth-order valence-electron chi connectivity index (χ4n) is 16.8. The smallest absolute Gasteiger partial charge is 0.408 e. The van der Waals surface area contributed by atoms with Gasteiger partial charge in [-0.1, -0.05) is 94.3 Å². The number of carbonyl (C=O) groups excluding carboxylic acids is 10. The Morgan fingerprint density at radius 3 is 1.84 bits per heavy atom. The number of fused-ring (bicyclic) bond motifs is 15. The number of unbranched alkanes of at least 4 members (excludes halogenated alkanes) is 5. The quantitative estimate of drug-likeness (QED) is 0.0439. The summed E-state index contributed by atoms with van der Waals surface area (Å²) in [6.45, 7) is 9.32. The van der Waals surface area contributed by atoms with Gasteiger partial charge >= 0.3 is 12.1 Å². The summed E-state index contributed by atoms with van der Waals surface area (Å²) in [5.74, 6) is -14.3. The maximum Gasteiger partial charge on any atom is 0.408 e. The monoisotopic (exact) mass is 1680 g/mol. The van der Waals surface area contributed by atoms with E-state index in [0.717, 1.165) is 131 Å². The second-order valence-corrected chi connectivity index (χ2v) is 33.6. The number of nitrogens with one attached hydrogen (secondary N) is 10. The summed E-state index contributed by atoms with van der Waals surface area (Å²) in [7, 11) is 0. The zero-order chi connectivity index (χ0) is 85.0. The third kappa shape index (κ3) is 20.0. The van der Waals surface area contributed by atoms with Crippen LogP contribution < -0.4 is 67.4 Å². The molecule has 19 N–H and O–H groups in total. The summed E-state index contributed by atoms with van der Waals surface area (Å²) >= 11 is 14.3. The standard InChI is InChI=1S/C82H100Cl2N10O24/c1-7-8-9-10-11-12-19-85-80(112)88-58(99)33-50-73(106)90-62-43-29-55(114-53-17-14-39(27-47(53)83)66(100)64(77(110)86-50)93-72(105)49(20-35(2)3)87-81(113)118-82(4,5)6)71(117-79-70(104)69(103)68(102)57(34-95)116-79)56(30-43)115-54-18-15-40(28-48(54)84)67(101)65-78(111)92-63(76(109)89-60-41-22-36-21-37(24-41)25-42(60)23-36)46-31-44(96)32-52(98)59(46)45-26-38(13-16-51(45)97)61(74(107)94-65)91-75(62)108/h13-18,26-32,35-37,41-42,49-50,57,60-70,79,95-98,100-104H,7-12,19-25,33-34H2,1-6H3,(H,86,110)(H,87,113)(H,89,109)(H,90,106)(H,91,108)(H,92,111)(H,93,105)(H,94,107)(H2,85,88,99,112)/t36?,37?,41?,42?,49-,50+,57?,60?,61-,62-,63+,64-,65-,66-,67-,68?,69?,70?,79?/m1/s1. The number of aromatic hydroxyl groups is 3. The van der Waals surface area contributed by atoms with Crippen LogP contribution in [0, 0.1) is 29.6 Å². The lowest BCUT2D eigenvalue weighted by Crippen LogP contribution is -2.60. The molecule has 636 valence electrons. The Morgan fingerprint density at radius 1 is 0.619 bits per heavy atom. The van der Waals surface area contributed by atoms with Crippen molar-refractivity contribution in [1.29, 1.82) is 0 Å². The molecule has 15 rings (SSSR count). The molecule has 5 aromatic carbocycles. The van der Waals surface area contributed by atoms with Crippen molar-refractivity contribution in [2.75, 3.05) is 13.2 Å². The number of carbonyl (C=O) groups is 10. The molecule has 4 saturated carbocycles. The summed E-state index contributed by atoms with van der Waals surface area (Å²) in [5.41, 5.74) is -3.42. The molecule has 1 saturated heterocycles. The van der Waals surface area contributed by atoms with Crippen molar-refractivity contribution in [3.05, 3.63) is 117 Å². The van der Waals surface area contributed by atoms with Crippen molar-refractivity contribution in [3.63, 3.8) is 0 Å². The Bertz CT molecular complexity index is 4630. The summed E-state index contributed by atoms with van der Waals surface area (Å²) in [6, 6.07) is -2.09. The molecule has 5 unspecified atom stereocenters. The molecule has 6 aliphatic heterocycles. The number of ether oxygens (including phenoxy) is 5. The van der Waals surface area contributed by atoms with Crippen molar-refractivity contribution in [2.45, 2.75) is 222 Å². The maximum atomic E-state index is 16.4. The molecule has 11 amide bonds. The van der Waals surface area contributed by atoms with E-state index in [1.807, 2.05) is 0 Å². The molecule has 5 aromatic rings. The highest BCUT2D eigenvalue weighted by Gasteiger charge is 2.51. The maximum absolute atomic E-state index is 16.4. The molecule has 4 aliphatic carbocycles. The number of aliphatic hydroxyl groups excluding tert-OH is 6. The fraction of sp³-hybridized carbons (Fsp3) is 0.512. The van der Waals surface area contributed by atoms with Crippen LogP contribution in [-0.2, 0) is 47.8 Å². The number of hydrogen-bond donors (Lipinski definition) is 19. The number of amides is 11. The van der Waals surface area contributed by atoms with E-state index in [0.29, 0.717) is 18.3 Å². The molecule has 0 spiro atoms. The number of aliphatic hydroxyl groups is 6. The van der Waals surface area contributed by atoms with E-state index in [1.165, 1.54) is 12.1 Å². The fourth-order valence-corrected chi connectivity index (χ4v) is 17.2. The van der Waals surface area contributed by atoms with E-state index in [4.69, 9.17) is 46.9 Å². The zero-order valence-electron chi connectivity index (χ0n) is 65.6. The lowest BCUT2D eigenvalue weighted by atomic mass is 9.54. The van der Waals surface area contributed by atoms with Crippen LogP contribution in [-0.4, -0.2) is 185 Å². The number of halogens is 2. The molecule has 0 radical (unpaired) electrons. The van der Waals surface area contributed by atoms with E-state index in [9.17, 15) is 65.1 Å². The molecule has 34 nitrogen and oxygen atoms in total. The van der Waals surface area contributed by atoms with Crippen LogP contribution in [0.1, 0.15) is 183 Å². The second-order valence-electron chi connectivity index (χ2n) is 32.8. The SMILES string of the molecule is CCCCCCCCNC(=O)NC(=O)C[C@@H]1NC(=O)[C@H](NC(=O)[C@@H](CC(C)C)NC(=O)OC(C)(C)C)[C@H](O)c2ccc(c(Cl)c2)Oc2cc3cc(c2OC2OC(CO)C(O)C(O)C2O)Oc2ccc(cc2Cl)[C@@H](O)[C@H]2NC(=O)[C@H](NC(=O)[C@@H]3NC1=O)c1ccc(O)c(c1)-c1c(O)cc(O)cc1[C@@H](C(=O)NC1C3CC4CC(C3)CC1C4)NC2=O. The van der Waals surface area contributed by atoms with Gasteiger partial charge < -0.3 is 117 Å². The van der Waals surface area contributed by atoms with Gasteiger partial charge in [-0.3, -0.25) is 43.7 Å². The van der Waals surface area contributed by atoms with Gasteiger partial charge in [0.2, 0.25) is 59.3 Å². The molecule has 14 atom stereocenters. The van der Waals surface area contributed by atoms with Crippen LogP contribution in [0.25, 0.3) is 11.1 Å². The van der Waals surface area contributed by atoms with Crippen LogP contribution in [0.2, 0.25) is 10.0 Å². The van der Waals surface area contributed by atoms with Crippen LogP contribution in [0.4, 0.5) is 9.59 Å². The minimum absolute atomic E-state index is 0.0602. The minimum atomic E-state index is -2.41. The number of imide groups is 1. The predicted octanol–water partition coefficient (Wildman–Crippen LogP) is 5.73. The van der Waals surface area contributed by atoms with Gasteiger partial charge in [0.25, 0.3) is 0 Å². The normalized spacial score (nSPS) is 27.6. The van der Waals surface area contributed by atoms with Crippen molar-refractivity contribution in [1.82, 2.24) is 53.2 Å². The van der Waals surface area contributed by atoms with Gasteiger partial charge in [0.1, 0.15) is 113 Å². The lowest BCUT2D eigenvalue weighted by molar-refractivity contribution is -0.277. The highest BCUT2D eigenvalue weighted by atomic mass is 35.5. The second kappa shape index (κ2) is 36.9. The first-order chi connectivity index (χ1) is 56.0. The summed E-state index contributed by atoms with van der Waals surface area (Å²) in [5, 5.41) is 130. The molecule has 118 heavy (non-hydrogen) atoms. The third-order valence-electron chi connectivity index (χ3n) is 22.3. The number of hydrogen-bond acceptors (Lipinski definition) is 24. The lowest BCUT2D eigenvalue weighted by Gasteiger charge is -2.54. The number of phenols is 3. The van der Waals surface area contributed by atoms with E-state index >= 15 is 28.8 Å². The summed E-state index contributed by atoms with van der Waals surface area (Å²) < 4.78 is 30.9. The largest absolute Gasteiger partial charge is 0.508 e. The number of benzene rings is 5. The van der Waals surface area contributed by atoms with Crippen molar-refractivity contribution < 1.29 is 118 Å². The molecular formula is C82H100Cl2N10O24. The van der Waals surface area contributed by atoms with Crippen molar-refractivity contribution in [2.24, 2.45) is 29.6 Å². The Hall–Kier alpha value is -10.3. The van der Waals surface area contributed by atoms with E-state index in [-0.39, 0.29) is 81.6 Å². The van der Waals surface area contributed by atoms with E-state index in [2.05, 4.69) is 60.1 Å². The molecule has 15 bridgehead atoms. The van der Waals surface area contributed by atoms with Gasteiger partial charge in [-0.05, 0) is 178 Å². The first kappa shape index (κ1) is 87.0. The van der Waals surface area contributed by atoms with Crippen LogP contribution in [0.3, 0.4) is 0 Å². The highest BCUT2D eigenvalue weighted by Crippen LogP contribution is 2.55. The third-order valence-corrected chi connectivity index (χ3v) is 22.9. The number of phenolic OH excluding ortho intramolecular Hbond substituents is 3. The Morgan fingerprint density at radius 2 is 1.22 bits per heavy atom. The Kier molecular flexibility index (Phi) is 27.2. The van der Waals surface area contributed by atoms with E-state index < -0.39 is 213 Å². The summed E-state index contributed by atoms with van der Waals surface area (Å²) in [6.07, 6.45) is -7.37. The first-order valence-corrected chi connectivity index (χ1v) is 40.3. The van der Waals surface area contributed by atoms with Gasteiger partial charge in [-0.2, -0.15) is 0 Å². The Balaban J connectivity index is 1.04. The number of rotatable bonds is 19. The zero-order valence-corrected chi connectivity index (χ0v) is 67.1. The average Bonchev–Trinajstić information content (AvgIpc) is 0.761. The van der Waals surface area contributed by atoms with Crippen LogP contribution in [0.5, 0.6) is 46.0 Å². The topological polar surface area (TPSA) is 519 Å².